The zero-order chi connectivity index (χ0) is 7.78. The van der Waals surface area contributed by atoms with E-state index in [9.17, 15) is 8.42 Å². The van der Waals surface area contributed by atoms with Crippen molar-refractivity contribution in [3.05, 3.63) is 0 Å². The van der Waals surface area contributed by atoms with E-state index in [1.165, 1.54) is 0 Å². The average Bonchev–Trinajstić information content (AvgIpc) is 2.10. The lowest BCUT2D eigenvalue weighted by atomic mass is 10.0. The Balaban J connectivity index is 2.60. The van der Waals surface area contributed by atoms with Crippen molar-refractivity contribution in [1.29, 1.82) is 0 Å². The van der Waals surface area contributed by atoms with Crippen LogP contribution in [0.2, 0.25) is 0 Å². The molecule has 1 unspecified atom stereocenters. The maximum absolute atomic E-state index is 10.9. The van der Waals surface area contributed by atoms with Crippen molar-refractivity contribution in [2.24, 2.45) is 11.7 Å². The summed E-state index contributed by atoms with van der Waals surface area (Å²) >= 11 is 0. The molecule has 0 aromatic carbocycles. The molecule has 1 aliphatic rings. The summed E-state index contributed by atoms with van der Waals surface area (Å²) in [6, 6.07) is 0.0253. The fourth-order valence-corrected chi connectivity index (χ4v) is 3.19. The molecule has 2 atom stereocenters. The van der Waals surface area contributed by atoms with Crippen molar-refractivity contribution in [2.75, 3.05) is 11.5 Å². The molecular weight excluding hydrogens is 150 g/mol. The molecule has 1 aliphatic heterocycles. The third-order valence-corrected chi connectivity index (χ3v) is 3.80. The van der Waals surface area contributed by atoms with Crippen molar-refractivity contribution in [3.63, 3.8) is 0 Å². The predicted octanol–water partition coefficient (Wildman–Crippen LogP) is -0.232. The highest BCUT2D eigenvalue weighted by Crippen LogP contribution is 2.20. The summed E-state index contributed by atoms with van der Waals surface area (Å²) in [5.41, 5.74) is 5.55. The Bertz CT molecular complexity index is 208. The van der Waals surface area contributed by atoms with Crippen LogP contribution in [0.3, 0.4) is 0 Å². The average molecular weight is 163 g/mol. The zero-order valence-electron chi connectivity index (χ0n) is 6.08. The largest absolute Gasteiger partial charge is 0.328 e. The molecule has 1 saturated heterocycles. The van der Waals surface area contributed by atoms with Crippen molar-refractivity contribution in [3.8, 4) is 0 Å². The molecule has 0 aromatic rings. The van der Waals surface area contributed by atoms with Gasteiger partial charge in [-0.25, -0.2) is 8.42 Å². The number of rotatable bonds is 1. The maximum atomic E-state index is 10.9. The molecule has 0 radical (unpaired) electrons. The summed E-state index contributed by atoms with van der Waals surface area (Å²) in [4.78, 5) is 0. The van der Waals surface area contributed by atoms with Gasteiger partial charge < -0.3 is 5.73 Å². The van der Waals surface area contributed by atoms with E-state index in [-0.39, 0.29) is 12.0 Å². The lowest BCUT2D eigenvalue weighted by Crippen LogP contribution is -2.27. The summed E-state index contributed by atoms with van der Waals surface area (Å²) in [7, 11) is -2.72. The molecule has 2 N–H and O–H groups in total. The van der Waals surface area contributed by atoms with E-state index in [1.54, 1.807) is 0 Å². The van der Waals surface area contributed by atoms with Crippen molar-refractivity contribution >= 4 is 9.84 Å². The van der Waals surface area contributed by atoms with E-state index in [0.29, 0.717) is 11.5 Å². The third kappa shape index (κ3) is 1.70. The van der Waals surface area contributed by atoms with E-state index in [0.717, 1.165) is 6.42 Å². The van der Waals surface area contributed by atoms with Gasteiger partial charge in [-0.3, -0.25) is 0 Å². The van der Waals surface area contributed by atoms with Crippen LogP contribution in [0, 0.1) is 5.92 Å². The SMILES string of the molecule is C[C@H](N)C1CCS(=O)(=O)C1. The quantitative estimate of drug-likeness (QED) is 0.581. The van der Waals surface area contributed by atoms with Gasteiger partial charge in [0, 0.05) is 6.04 Å². The monoisotopic (exact) mass is 163 g/mol. The molecule has 0 aliphatic carbocycles. The van der Waals surface area contributed by atoms with Gasteiger partial charge in [0.2, 0.25) is 0 Å². The molecule has 4 heteroatoms. The van der Waals surface area contributed by atoms with E-state index < -0.39 is 9.84 Å². The first kappa shape index (κ1) is 8.01. The number of nitrogens with two attached hydrogens (primary N) is 1. The predicted molar refractivity (Wildman–Crippen MR) is 40.4 cm³/mol. The van der Waals surface area contributed by atoms with E-state index in [1.807, 2.05) is 6.92 Å². The van der Waals surface area contributed by atoms with Crippen LogP contribution in [-0.4, -0.2) is 26.0 Å². The molecular formula is C6H13NO2S. The summed E-state index contributed by atoms with van der Waals surface area (Å²) in [6.07, 6.45) is 0.750. The van der Waals surface area contributed by atoms with Gasteiger partial charge in [0.05, 0.1) is 11.5 Å². The minimum absolute atomic E-state index is 0.0253. The van der Waals surface area contributed by atoms with Crippen LogP contribution in [0.5, 0.6) is 0 Å². The first-order chi connectivity index (χ1) is 4.51. The minimum atomic E-state index is -2.72. The molecule has 10 heavy (non-hydrogen) atoms. The summed E-state index contributed by atoms with van der Waals surface area (Å²) in [5.74, 6) is 0.828. The second-order valence-corrected chi connectivity index (χ2v) is 5.25. The Morgan fingerprint density at radius 3 is 2.40 bits per heavy atom. The smallest absolute Gasteiger partial charge is 0.150 e. The van der Waals surface area contributed by atoms with Gasteiger partial charge in [0.15, 0.2) is 9.84 Å². The highest BCUT2D eigenvalue weighted by Gasteiger charge is 2.29. The Morgan fingerprint density at radius 2 is 2.20 bits per heavy atom. The number of sulfone groups is 1. The molecule has 60 valence electrons. The van der Waals surface area contributed by atoms with Crippen LogP contribution in [0.25, 0.3) is 0 Å². The standard InChI is InChI=1S/C6H13NO2S/c1-5(7)6-2-3-10(8,9)4-6/h5-6H,2-4,7H2,1H3/t5-,6?/m0/s1. The molecule has 0 aromatic heterocycles. The number of hydrogen-bond acceptors (Lipinski definition) is 3. The Kier molecular flexibility index (Phi) is 2.01. The van der Waals surface area contributed by atoms with Crippen molar-refractivity contribution in [1.82, 2.24) is 0 Å². The Hall–Kier alpha value is -0.0900. The van der Waals surface area contributed by atoms with E-state index in [2.05, 4.69) is 0 Å². The van der Waals surface area contributed by atoms with Gasteiger partial charge >= 0.3 is 0 Å². The van der Waals surface area contributed by atoms with Gasteiger partial charge in [0.25, 0.3) is 0 Å². The van der Waals surface area contributed by atoms with Crippen LogP contribution in [0.4, 0.5) is 0 Å². The summed E-state index contributed by atoms with van der Waals surface area (Å²) in [5, 5.41) is 0. The van der Waals surface area contributed by atoms with Gasteiger partial charge in [-0.1, -0.05) is 0 Å². The van der Waals surface area contributed by atoms with Gasteiger partial charge in [-0.05, 0) is 19.3 Å². The highest BCUT2D eigenvalue weighted by atomic mass is 32.2. The van der Waals surface area contributed by atoms with Crippen molar-refractivity contribution in [2.45, 2.75) is 19.4 Å². The zero-order valence-corrected chi connectivity index (χ0v) is 6.89. The summed E-state index contributed by atoms with van der Waals surface area (Å²) < 4.78 is 21.8. The van der Waals surface area contributed by atoms with Crippen LogP contribution in [0.1, 0.15) is 13.3 Å². The minimum Gasteiger partial charge on any atom is -0.328 e. The van der Waals surface area contributed by atoms with Crippen LogP contribution < -0.4 is 5.73 Å². The summed E-state index contributed by atoms with van der Waals surface area (Å²) in [6.45, 7) is 1.87. The Morgan fingerprint density at radius 1 is 1.60 bits per heavy atom. The molecule has 0 saturated carbocycles. The normalized spacial score (nSPS) is 34.0. The first-order valence-corrected chi connectivity index (χ1v) is 5.29. The maximum Gasteiger partial charge on any atom is 0.150 e. The lowest BCUT2D eigenvalue weighted by molar-refractivity contribution is 0.493. The van der Waals surface area contributed by atoms with Gasteiger partial charge in [-0.15, -0.1) is 0 Å². The van der Waals surface area contributed by atoms with Crippen LogP contribution >= 0.6 is 0 Å². The molecule has 3 nitrogen and oxygen atoms in total. The molecule has 0 spiro atoms. The molecule has 1 rings (SSSR count). The highest BCUT2D eigenvalue weighted by molar-refractivity contribution is 7.91. The van der Waals surface area contributed by atoms with Crippen molar-refractivity contribution < 1.29 is 8.42 Å². The lowest BCUT2D eigenvalue weighted by Gasteiger charge is -2.10. The molecule has 1 heterocycles. The molecule has 0 amide bonds. The fraction of sp³-hybridized carbons (Fsp3) is 1.00. The topological polar surface area (TPSA) is 60.2 Å². The second kappa shape index (κ2) is 2.51. The number of hydrogen-bond donors (Lipinski definition) is 1. The van der Waals surface area contributed by atoms with E-state index >= 15 is 0 Å². The van der Waals surface area contributed by atoms with Crippen LogP contribution in [-0.2, 0) is 9.84 Å². The second-order valence-electron chi connectivity index (χ2n) is 3.02. The third-order valence-electron chi connectivity index (χ3n) is 2.01. The van der Waals surface area contributed by atoms with Gasteiger partial charge in [-0.2, -0.15) is 0 Å². The van der Waals surface area contributed by atoms with Crippen LogP contribution in [0.15, 0.2) is 0 Å². The molecule has 0 bridgehead atoms. The van der Waals surface area contributed by atoms with E-state index in [4.69, 9.17) is 5.73 Å². The molecule has 1 fully saturated rings. The first-order valence-electron chi connectivity index (χ1n) is 3.47. The Labute approximate surface area is 61.5 Å². The van der Waals surface area contributed by atoms with Gasteiger partial charge in [0.1, 0.15) is 0 Å². The fourth-order valence-electron chi connectivity index (χ4n) is 1.24.